The Morgan fingerprint density at radius 1 is 1.28 bits per heavy atom. The maximum atomic E-state index is 12.3. The van der Waals surface area contributed by atoms with Gasteiger partial charge in [-0.1, -0.05) is 31.5 Å². The highest BCUT2D eigenvalue weighted by molar-refractivity contribution is 7.99. The zero-order chi connectivity index (χ0) is 17.9. The Morgan fingerprint density at radius 3 is 2.80 bits per heavy atom. The minimum atomic E-state index is -0.985. The summed E-state index contributed by atoms with van der Waals surface area (Å²) in [6.07, 6.45) is 5.03. The number of thioether (sulfide) groups is 1. The largest absolute Gasteiger partial charge is 0.357 e. The predicted octanol–water partition coefficient (Wildman–Crippen LogP) is 3.41. The molecule has 25 heavy (non-hydrogen) atoms. The van der Waals surface area contributed by atoms with Crippen LogP contribution in [0.4, 0.5) is 0 Å². The number of nitrogens with one attached hydrogen (secondary N) is 2. The van der Waals surface area contributed by atoms with Gasteiger partial charge in [0.05, 0.1) is 17.3 Å². The van der Waals surface area contributed by atoms with Crippen molar-refractivity contribution in [3.05, 3.63) is 30.3 Å². The van der Waals surface area contributed by atoms with E-state index in [1.54, 1.807) is 0 Å². The number of hydrogen-bond donors (Lipinski definition) is 2. The van der Waals surface area contributed by atoms with Crippen LogP contribution in [0.1, 0.15) is 39.5 Å². The number of rotatable bonds is 8. The molecule has 0 aromatic heterocycles. The topological polar surface area (TPSA) is 53.5 Å². The van der Waals surface area contributed by atoms with Gasteiger partial charge in [0.2, 0.25) is 0 Å². The minimum Gasteiger partial charge on any atom is -0.357 e. The van der Waals surface area contributed by atoms with Gasteiger partial charge in [-0.2, -0.15) is 11.8 Å². The standard InChI is InChI=1S/C19H31N3OS2/c1-3-20-19(22-16-9-8-10-17(15-16)24-4-2)21-13-14-25(23)18-11-6-5-7-12-18/h5-7,11-12,16-17H,3-4,8-10,13-15H2,1-2H3,(H2,20,21,22). The first-order chi connectivity index (χ1) is 12.2. The summed E-state index contributed by atoms with van der Waals surface area (Å²) >= 11 is 2.08. The molecule has 4 nitrogen and oxygen atoms in total. The van der Waals surface area contributed by atoms with E-state index >= 15 is 0 Å². The fraction of sp³-hybridized carbons (Fsp3) is 0.632. The molecule has 0 spiro atoms. The van der Waals surface area contributed by atoms with Crippen molar-refractivity contribution >= 4 is 28.5 Å². The maximum absolute atomic E-state index is 12.3. The normalized spacial score (nSPS) is 22.4. The van der Waals surface area contributed by atoms with Crippen molar-refractivity contribution in [3.8, 4) is 0 Å². The van der Waals surface area contributed by atoms with Gasteiger partial charge in [0.25, 0.3) is 0 Å². The van der Waals surface area contributed by atoms with Gasteiger partial charge in [-0.3, -0.25) is 9.20 Å². The summed E-state index contributed by atoms with van der Waals surface area (Å²) in [6, 6.07) is 10.1. The maximum Gasteiger partial charge on any atom is 0.191 e. The van der Waals surface area contributed by atoms with Crippen LogP contribution in [0.5, 0.6) is 0 Å². The summed E-state index contributed by atoms with van der Waals surface area (Å²) in [5.74, 6) is 2.61. The minimum absolute atomic E-state index is 0.496. The zero-order valence-corrected chi connectivity index (χ0v) is 17.0. The van der Waals surface area contributed by atoms with E-state index in [1.165, 1.54) is 31.4 Å². The third kappa shape index (κ3) is 7.40. The molecule has 1 fully saturated rings. The van der Waals surface area contributed by atoms with Crippen molar-refractivity contribution in [2.45, 2.75) is 55.7 Å². The Bertz CT molecular complexity index is 549. The quantitative estimate of drug-likeness (QED) is 0.535. The summed E-state index contributed by atoms with van der Waals surface area (Å²) in [5, 5.41) is 7.68. The van der Waals surface area contributed by atoms with E-state index in [1.807, 2.05) is 30.3 Å². The van der Waals surface area contributed by atoms with Gasteiger partial charge < -0.3 is 10.6 Å². The van der Waals surface area contributed by atoms with Crippen molar-refractivity contribution in [1.82, 2.24) is 10.6 Å². The molecule has 1 aliphatic carbocycles. The summed E-state index contributed by atoms with van der Waals surface area (Å²) in [5.41, 5.74) is 0. The Labute approximate surface area is 159 Å². The summed E-state index contributed by atoms with van der Waals surface area (Å²) < 4.78 is 12.3. The van der Waals surface area contributed by atoms with E-state index in [-0.39, 0.29) is 0 Å². The molecule has 0 saturated heterocycles. The third-order valence-corrected chi connectivity index (χ3v) is 6.85. The zero-order valence-electron chi connectivity index (χ0n) is 15.4. The van der Waals surface area contributed by atoms with Gasteiger partial charge in [-0.15, -0.1) is 0 Å². The van der Waals surface area contributed by atoms with E-state index in [0.717, 1.165) is 22.6 Å². The molecule has 0 aliphatic heterocycles. The molecule has 1 aromatic rings. The first kappa shape index (κ1) is 20.3. The van der Waals surface area contributed by atoms with Gasteiger partial charge in [-0.25, -0.2) is 0 Å². The van der Waals surface area contributed by atoms with Gasteiger partial charge in [0.15, 0.2) is 5.96 Å². The van der Waals surface area contributed by atoms with Crippen LogP contribution in [0.15, 0.2) is 40.2 Å². The van der Waals surface area contributed by atoms with Crippen LogP contribution >= 0.6 is 11.8 Å². The van der Waals surface area contributed by atoms with Crippen molar-refractivity contribution in [2.75, 3.05) is 24.6 Å². The molecule has 140 valence electrons. The molecule has 1 saturated carbocycles. The monoisotopic (exact) mass is 381 g/mol. The molecular formula is C19H31N3OS2. The highest BCUT2D eigenvalue weighted by Gasteiger charge is 2.22. The second-order valence-electron chi connectivity index (χ2n) is 6.21. The number of hydrogen-bond acceptors (Lipinski definition) is 3. The summed E-state index contributed by atoms with van der Waals surface area (Å²) in [6.45, 7) is 5.72. The van der Waals surface area contributed by atoms with E-state index in [0.29, 0.717) is 18.3 Å². The molecular weight excluding hydrogens is 350 g/mol. The molecule has 1 aromatic carbocycles. The molecule has 1 aliphatic rings. The second-order valence-corrected chi connectivity index (χ2v) is 9.36. The Hall–Kier alpha value is -1.01. The van der Waals surface area contributed by atoms with Crippen molar-refractivity contribution in [2.24, 2.45) is 4.99 Å². The van der Waals surface area contributed by atoms with E-state index < -0.39 is 10.8 Å². The summed E-state index contributed by atoms with van der Waals surface area (Å²) in [4.78, 5) is 5.52. The summed E-state index contributed by atoms with van der Waals surface area (Å²) in [7, 11) is -0.985. The Kier molecular flexibility index (Phi) is 9.40. The van der Waals surface area contributed by atoms with E-state index in [4.69, 9.17) is 0 Å². The van der Waals surface area contributed by atoms with Gasteiger partial charge in [0.1, 0.15) is 0 Å². The van der Waals surface area contributed by atoms with Crippen molar-refractivity contribution < 1.29 is 4.21 Å². The molecule has 6 heteroatoms. The van der Waals surface area contributed by atoms with Crippen LogP contribution in [0, 0.1) is 0 Å². The molecule has 0 amide bonds. The molecule has 0 radical (unpaired) electrons. The van der Waals surface area contributed by atoms with Crippen LogP contribution in [0.2, 0.25) is 0 Å². The van der Waals surface area contributed by atoms with Crippen molar-refractivity contribution in [3.63, 3.8) is 0 Å². The van der Waals surface area contributed by atoms with Crippen molar-refractivity contribution in [1.29, 1.82) is 0 Å². The first-order valence-corrected chi connectivity index (χ1v) is 11.7. The first-order valence-electron chi connectivity index (χ1n) is 9.32. The molecule has 0 heterocycles. The van der Waals surface area contributed by atoms with E-state index in [9.17, 15) is 4.21 Å². The average Bonchev–Trinajstić information content (AvgIpc) is 2.63. The second kappa shape index (κ2) is 11.6. The predicted molar refractivity (Wildman–Crippen MR) is 111 cm³/mol. The van der Waals surface area contributed by atoms with Crippen LogP contribution in [0.25, 0.3) is 0 Å². The number of benzene rings is 1. The lowest BCUT2D eigenvalue weighted by atomic mass is 9.95. The lowest BCUT2D eigenvalue weighted by Gasteiger charge is -2.30. The fourth-order valence-electron chi connectivity index (χ4n) is 3.11. The van der Waals surface area contributed by atoms with Crippen LogP contribution < -0.4 is 10.6 Å². The van der Waals surface area contributed by atoms with Crippen LogP contribution in [0.3, 0.4) is 0 Å². The number of aliphatic imine (C=N–C) groups is 1. The molecule has 0 bridgehead atoms. The molecule has 2 N–H and O–H groups in total. The highest BCUT2D eigenvalue weighted by Crippen LogP contribution is 2.28. The average molecular weight is 382 g/mol. The van der Waals surface area contributed by atoms with Crippen LogP contribution in [-0.4, -0.2) is 46.1 Å². The van der Waals surface area contributed by atoms with Crippen LogP contribution in [-0.2, 0) is 10.8 Å². The van der Waals surface area contributed by atoms with E-state index in [2.05, 4.69) is 41.2 Å². The Morgan fingerprint density at radius 2 is 2.08 bits per heavy atom. The smallest absolute Gasteiger partial charge is 0.191 e. The third-order valence-electron chi connectivity index (χ3n) is 4.27. The van der Waals surface area contributed by atoms with Gasteiger partial charge >= 0.3 is 0 Å². The highest BCUT2D eigenvalue weighted by atomic mass is 32.2. The van der Waals surface area contributed by atoms with Gasteiger partial charge in [-0.05, 0) is 44.1 Å². The number of nitrogens with zero attached hydrogens (tertiary/aromatic N) is 1. The van der Waals surface area contributed by atoms with Gasteiger partial charge in [0, 0.05) is 28.5 Å². The number of guanidine groups is 1. The SMILES string of the molecule is CCNC(=NCCS(=O)c1ccccc1)NC1CCCC(SCC)C1. The molecule has 3 atom stereocenters. The Balaban J connectivity index is 1.84. The lowest BCUT2D eigenvalue weighted by molar-refractivity contribution is 0.419. The lowest BCUT2D eigenvalue weighted by Crippen LogP contribution is -2.45. The fourth-order valence-corrected chi connectivity index (χ4v) is 5.23. The molecule has 3 unspecified atom stereocenters. The molecule has 2 rings (SSSR count).